The predicted octanol–water partition coefficient (Wildman–Crippen LogP) is 3.62. The fourth-order valence-electron chi connectivity index (χ4n) is 4.39. The molecular weight excluding hydrogens is 441 g/mol. The quantitative estimate of drug-likeness (QED) is 0.522. The third kappa shape index (κ3) is 6.04. The normalized spacial score (nSPS) is 15.1. The summed E-state index contributed by atoms with van der Waals surface area (Å²) in [4.78, 5) is 4.41. The molecule has 1 saturated carbocycles. The molecule has 1 aromatic heterocycles. The van der Waals surface area contributed by atoms with E-state index in [1.165, 1.54) is 48.9 Å². The highest BCUT2D eigenvalue weighted by Gasteiger charge is 2.19. The van der Waals surface area contributed by atoms with Crippen LogP contribution in [-0.4, -0.2) is 29.7 Å². The molecule has 0 amide bonds. The molecule has 9 heteroatoms. The van der Waals surface area contributed by atoms with Gasteiger partial charge in [-0.3, -0.25) is 0 Å². The second kappa shape index (κ2) is 10.1. The molecule has 4 rings (SSSR count). The fraction of sp³-hybridized carbons (Fsp3) is 0.417. The summed E-state index contributed by atoms with van der Waals surface area (Å²) in [6.45, 7) is 3.42. The van der Waals surface area contributed by atoms with Gasteiger partial charge in [0.15, 0.2) is 5.82 Å². The summed E-state index contributed by atoms with van der Waals surface area (Å²) in [7, 11) is -4.00. The monoisotopic (exact) mass is 471 g/mol. The predicted molar refractivity (Wildman–Crippen MR) is 125 cm³/mol. The lowest BCUT2D eigenvalue weighted by Crippen LogP contribution is -2.24. The molecule has 0 aliphatic heterocycles. The van der Waals surface area contributed by atoms with Crippen LogP contribution in [0.4, 0.5) is 4.39 Å². The standard InChI is InChI=1S/C24H30FN5O2S/c1-17-6-5-9-19(12-17)13-24-28-23(16-27-15-18-7-3-2-4-8-18)29-30(24)22-11-10-20(14-21(22)25)33(26,31)32/h5-6,9-12,14,18,27H,2-4,7-8,13,15-16H2,1H3,(H2,26,31,32). The molecule has 176 valence electrons. The van der Waals surface area contributed by atoms with Crippen LogP contribution in [-0.2, 0) is 23.0 Å². The molecule has 1 aliphatic carbocycles. The molecule has 0 unspecified atom stereocenters. The number of hydrogen-bond donors (Lipinski definition) is 2. The van der Waals surface area contributed by atoms with Gasteiger partial charge in [-0.1, -0.05) is 49.1 Å². The Morgan fingerprint density at radius 2 is 1.94 bits per heavy atom. The number of benzene rings is 2. The second-order valence-electron chi connectivity index (χ2n) is 8.82. The maximum Gasteiger partial charge on any atom is 0.238 e. The average Bonchev–Trinajstić information content (AvgIpc) is 3.16. The second-order valence-corrected chi connectivity index (χ2v) is 10.4. The van der Waals surface area contributed by atoms with E-state index in [4.69, 9.17) is 5.14 Å². The van der Waals surface area contributed by atoms with E-state index < -0.39 is 15.8 Å². The largest absolute Gasteiger partial charge is 0.310 e. The average molecular weight is 472 g/mol. The van der Waals surface area contributed by atoms with Crippen molar-refractivity contribution in [3.63, 3.8) is 0 Å². The Morgan fingerprint density at radius 3 is 2.64 bits per heavy atom. The summed E-state index contributed by atoms with van der Waals surface area (Å²) in [5.74, 6) is 1.11. The van der Waals surface area contributed by atoms with Crippen molar-refractivity contribution >= 4 is 10.0 Å². The molecule has 2 aromatic carbocycles. The van der Waals surface area contributed by atoms with E-state index >= 15 is 0 Å². The lowest BCUT2D eigenvalue weighted by Gasteiger charge is -2.21. The summed E-state index contributed by atoms with van der Waals surface area (Å²) < 4.78 is 39.6. The van der Waals surface area contributed by atoms with Gasteiger partial charge in [0.2, 0.25) is 10.0 Å². The molecule has 0 atom stereocenters. The molecular formula is C24H30FN5O2S. The first-order valence-electron chi connectivity index (χ1n) is 11.3. The van der Waals surface area contributed by atoms with Gasteiger partial charge in [0.05, 0.1) is 11.4 Å². The van der Waals surface area contributed by atoms with Gasteiger partial charge < -0.3 is 5.32 Å². The number of nitrogens with two attached hydrogens (primary N) is 1. The van der Waals surface area contributed by atoms with Crippen molar-refractivity contribution in [1.82, 2.24) is 20.1 Å². The molecule has 3 aromatic rings. The van der Waals surface area contributed by atoms with Crippen molar-refractivity contribution in [2.24, 2.45) is 11.1 Å². The van der Waals surface area contributed by atoms with Crippen molar-refractivity contribution in [1.29, 1.82) is 0 Å². The van der Waals surface area contributed by atoms with Crippen LogP contribution in [0.25, 0.3) is 5.69 Å². The van der Waals surface area contributed by atoms with Crippen LogP contribution in [0.2, 0.25) is 0 Å². The van der Waals surface area contributed by atoms with Gasteiger partial charge in [-0.05, 0) is 56.0 Å². The molecule has 0 spiro atoms. The number of nitrogens with zero attached hydrogens (tertiary/aromatic N) is 3. The van der Waals surface area contributed by atoms with E-state index in [-0.39, 0.29) is 10.6 Å². The summed E-state index contributed by atoms with van der Waals surface area (Å²) in [6.07, 6.45) is 6.85. The number of rotatable bonds is 8. The van der Waals surface area contributed by atoms with E-state index in [1.54, 1.807) is 0 Å². The van der Waals surface area contributed by atoms with Crippen LogP contribution >= 0.6 is 0 Å². The maximum atomic E-state index is 14.9. The number of hydrogen-bond acceptors (Lipinski definition) is 5. The van der Waals surface area contributed by atoms with Gasteiger partial charge >= 0.3 is 0 Å². The molecule has 1 heterocycles. The van der Waals surface area contributed by atoms with Crippen LogP contribution in [0.5, 0.6) is 0 Å². The highest BCUT2D eigenvalue weighted by atomic mass is 32.2. The Morgan fingerprint density at radius 1 is 1.15 bits per heavy atom. The van der Waals surface area contributed by atoms with Crippen LogP contribution in [0.15, 0.2) is 47.4 Å². The number of aryl methyl sites for hydroxylation is 1. The van der Waals surface area contributed by atoms with Crippen molar-refractivity contribution in [3.05, 3.63) is 71.1 Å². The number of primary sulfonamides is 1. The summed E-state index contributed by atoms with van der Waals surface area (Å²) in [5, 5.41) is 13.2. The topological polar surface area (TPSA) is 103 Å². The molecule has 1 aliphatic rings. The summed E-state index contributed by atoms with van der Waals surface area (Å²) in [6, 6.07) is 11.6. The molecule has 0 bridgehead atoms. The minimum Gasteiger partial charge on any atom is -0.310 e. The Kier molecular flexibility index (Phi) is 7.21. The molecule has 0 radical (unpaired) electrons. The van der Waals surface area contributed by atoms with Crippen molar-refractivity contribution in [2.45, 2.75) is 56.9 Å². The first-order valence-corrected chi connectivity index (χ1v) is 12.9. The van der Waals surface area contributed by atoms with E-state index in [0.29, 0.717) is 30.5 Å². The summed E-state index contributed by atoms with van der Waals surface area (Å²) in [5.41, 5.74) is 2.29. The Hall–Kier alpha value is -2.62. The van der Waals surface area contributed by atoms with Crippen LogP contribution in [0.3, 0.4) is 0 Å². The van der Waals surface area contributed by atoms with Gasteiger partial charge in [0, 0.05) is 6.42 Å². The van der Waals surface area contributed by atoms with Gasteiger partial charge in [-0.15, -0.1) is 5.10 Å². The van der Waals surface area contributed by atoms with E-state index in [2.05, 4.69) is 21.5 Å². The lowest BCUT2D eigenvalue weighted by atomic mass is 9.89. The molecule has 1 fully saturated rings. The minimum absolute atomic E-state index is 0.135. The third-order valence-corrected chi connectivity index (χ3v) is 6.99. The molecule has 0 saturated heterocycles. The highest BCUT2D eigenvalue weighted by Crippen LogP contribution is 2.23. The van der Waals surface area contributed by atoms with E-state index in [0.717, 1.165) is 23.7 Å². The number of nitrogens with one attached hydrogen (secondary N) is 1. The van der Waals surface area contributed by atoms with Crippen molar-refractivity contribution in [3.8, 4) is 5.69 Å². The lowest BCUT2D eigenvalue weighted by molar-refractivity contribution is 0.341. The molecule has 3 N–H and O–H groups in total. The van der Waals surface area contributed by atoms with Crippen LogP contribution < -0.4 is 10.5 Å². The SMILES string of the molecule is Cc1cccc(Cc2nc(CNCC3CCCCC3)nn2-c2ccc(S(N)(=O)=O)cc2F)c1. The highest BCUT2D eigenvalue weighted by molar-refractivity contribution is 7.89. The van der Waals surface area contributed by atoms with Gasteiger partial charge in [-0.25, -0.2) is 27.6 Å². The smallest absolute Gasteiger partial charge is 0.238 e. The molecule has 7 nitrogen and oxygen atoms in total. The zero-order chi connectivity index (χ0) is 23.4. The van der Waals surface area contributed by atoms with Crippen molar-refractivity contribution in [2.75, 3.05) is 6.54 Å². The zero-order valence-corrected chi connectivity index (χ0v) is 19.6. The van der Waals surface area contributed by atoms with Crippen LogP contribution in [0.1, 0.15) is 54.9 Å². The Bertz CT molecular complexity index is 1220. The van der Waals surface area contributed by atoms with E-state index in [9.17, 15) is 12.8 Å². The number of aromatic nitrogens is 3. The zero-order valence-electron chi connectivity index (χ0n) is 18.8. The first-order chi connectivity index (χ1) is 15.8. The molecule has 33 heavy (non-hydrogen) atoms. The van der Waals surface area contributed by atoms with Crippen molar-refractivity contribution < 1.29 is 12.8 Å². The first kappa shape index (κ1) is 23.5. The Balaban J connectivity index is 1.60. The van der Waals surface area contributed by atoms with E-state index in [1.807, 2.05) is 25.1 Å². The number of halogens is 1. The number of sulfonamides is 1. The maximum absolute atomic E-state index is 14.9. The minimum atomic E-state index is -4.00. The third-order valence-electron chi connectivity index (χ3n) is 6.08. The fourth-order valence-corrected chi connectivity index (χ4v) is 4.92. The van der Waals surface area contributed by atoms with Gasteiger partial charge in [0.1, 0.15) is 17.3 Å². The van der Waals surface area contributed by atoms with Crippen LogP contribution in [0, 0.1) is 18.7 Å². The van der Waals surface area contributed by atoms with Gasteiger partial charge in [0.25, 0.3) is 0 Å². The van der Waals surface area contributed by atoms with Gasteiger partial charge in [-0.2, -0.15) is 0 Å². The summed E-state index contributed by atoms with van der Waals surface area (Å²) >= 11 is 0. The Labute approximate surface area is 194 Å².